The molecule has 0 aliphatic heterocycles. The second-order valence-electron chi connectivity index (χ2n) is 2.89. The number of nitrogens with zero attached hydrogens (tertiary/aromatic N) is 1. The Morgan fingerprint density at radius 2 is 2.43 bits per heavy atom. The van der Waals surface area contributed by atoms with E-state index >= 15 is 0 Å². The van der Waals surface area contributed by atoms with Crippen LogP contribution in [-0.2, 0) is 0 Å². The van der Waals surface area contributed by atoms with Gasteiger partial charge in [0.05, 0.1) is 15.7 Å². The van der Waals surface area contributed by atoms with Gasteiger partial charge in [0.2, 0.25) is 0 Å². The van der Waals surface area contributed by atoms with Gasteiger partial charge >= 0.3 is 0 Å². The Morgan fingerprint density at radius 1 is 1.57 bits per heavy atom. The molecule has 1 N–H and O–H groups in total. The Morgan fingerprint density at radius 3 is 3.21 bits per heavy atom. The minimum absolute atomic E-state index is 0.0252. The second kappa shape index (κ2) is 3.75. The van der Waals surface area contributed by atoms with Gasteiger partial charge < -0.3 is 5.32 Å². The summed E-state index contributed by atoms with van der Waals surface area (Å²) in [6, 6.07) is 5.54. The molecule has 1 heterocycles. The number of thiazole rings is 1. The standard InChI is InChI=1S/C10H10N2OS/c1-2-11-10(13)7-3-4-8-9(5-7)14-6-12-8/h3-6H,2H2,1H3,(H,11,13). The Balaban J connectivity index is 2.38. The maximum absolute atomic E-state index is 11.5. The van der Waals surface area contributed by atoms with Crippen molar-refractivity contribution in [2.24, 2.45) is 0 Å². The van der Waals surface area contributed by atoms with E-state index in [0.717, 1.165) is 10.2 Å². The summed E-state index contributed by atoms with van der Waals surface area (Å²) in [5.41, 5.74) is 3.43. The van der Waals surface area contributed by atoms with Crippen LogP contribution in [-0.4, -0.2) is 17.4 Å². The van der Waals surface area contributed by atoms with Crippen molar-refractivity contribution >= 4 is 27.5 Å². The summed E-state index contributed by atoms with van der Waals surface area (Å²) in [4.78, 5) is 15.6. The molecule has 0 unspecified atom stereocenters. The first-order chi connectivity index (χ1) is 6.81. The highest BCUT2D eigenvalue weighted by atomic mass is 32.1. The Hall–Kier alpha value is -1.42. The van der Waals surface area contributed by atoms with Crippen molar-refractivity contribution < 1.29 is 4.79 Å². The second-order valence-corrected chi connectivity index (χ2v) is 3.78. The summed E-state index contributed by atoms with van der Waals surface area (Å²) in [5.74, 6) is -0.0252. The molecule has 14 heavy (non-hydrogen) atoms. The van der Waals surface area contributed by atoms with Crippen molar-refractivity contribution in [1.29, 1.82) is 0 Å². The number of aromatic nitrogens is 1. The monoisotopic (exact) mass is 206 g/mol. The predicted molar refractivity (Wildman–Crippen MR) is 57.6 cm³/mol. The van der Waals surface area contributed by atoms with E-state index in [0.29, 0.717) is 12.1 Å². The molecule has 0 aliphatic carbocycles. The Kier molecular flexibility index (Phi) is 2.45. The van der Waals surface area contributed by atoms with E-state index in [1.807, 2.05) is 19.1 Å². The van der Waals surface area contributed by atoms with Crippen LogP contribution < -0.4 is 5.32 Å². The minimum atomic E-state index is -0.0252. The highest BCUT2D eigenvalue weighted by molar-refractivity contribution is 7.16. The van der Waals surface area contributed by atoms with E-state index in [1.54, 1.807) is 22.9 Å². The zero-order valence-corrected chi connectivity index (χ0v) is 8.60. The quantitative estimate of drug-likeness (QED) is 0.817. The van der Waals surface area contributed by atoms with Gasteiger partial charge in [-0.2, -0.15) is 0 Å². The lowest BCUT2D eigenvalue weighted by Gasteiger charge is -2.00. The molecule has 72 valence electrons. The van der Waals surface area contributed by atoms with Crippen molar-refractivity contribution in [2.75, 3.05) is 6.54 Å². The third-order valence-corrected chi connectivity index (χ3v) is 2.72. The molecule has 0 spiro atoms. The molecule has 1 aromatic carbocycles. The van der Waals surface area contributed by atoms with Gasteiger partial charge in [-0.1, -0.05) is 0 Å². The number of benzene rings is 1. The van der Waals surface area contributed by atoms with E-state index in [-0.39, 0.29) is 5.91 Å². The molecule has 0 saturated heterocycles. The van der Waals surface area contributed by atoms with Crippen molar-refractivity contribution in [3.05, 3.63) is 29.3 Å². The zero-order valence-electron chi connectivity index (χ0n) is 7.78. The van der Waals surface area contributed by atoms with E-state index in [1.165, 1.54) is 0 Å². The van der Waals surface area contributed by atoms with Crippen molar-refractivity contribution in [1.82, 2.24) is 10.3 Å². The number of rotatable bonds is 2. The van der Waals surface area contributed by atoms with E-state index in [4.69, 9.17) is 0 Å². The number of hydrogen-bond donors (Lipinski definition) is 1. The number of carbonyl (C=O) groups is 1. The number of nitrogens with one attached hydrogen (secondary N) is 1. The van der Waals surface area contributed by atoms with Gasteiger partial charge in [0.25, 0.3) is 5.91 Å². The molecule has 0 aliphatic rings. The van der Waals surface area contributed by atoms with E-state index in [9.17, 15) is 4.79 Å². The average molecular weight is 206 g/mol. The molecule has 0 bridgehead atoms. The normalized spacial score (nSPS) is 10.4. The van der Waals surface area contributed by atoms with Gasteiger partial charge in [-0.05, 0) is 25.1 Å². The lowest BCUT2D eigenvalue weighted by molar-refractivity contribution is 0.0956. The lowest BCUT2D eigenvalue weighted by atomic mass is 10.2. The Bertz CT molecular complexity index is 464. The third kappa shape index (κ3) is 1.61. The van der Waals surface area contributed by atoms with Crippen LogP contribution in [0, 0.1) is 0 Å². The SMILES string of the molecule is CCNC(=O)c1ccc2ncsc2c1. The first-order valence-corrected chi connectivity index (χ1v) is 5.30. The van der Waals surface area contributed by atoms with Gasteiger partial charge in [-0.3, -0.25) is 4.79 Å². The van der Waals surface area contributed by atoms with Crippen LogP contribution in [0.2, 0.25) is 0 Å². The number of amides is 1. The zero-order chi connectivity index (χ0) is 9.97. The van der Waals surface area contributed by atoms with Gasteiger partial charge in [0.1, 0.15) is 0 Å². The summed E-state index contributed by atoms with van der Waals surface area (Å²) in [7, 11) is 0. The van der Waals surface area contributed by atoms with Crippen molar-refractivity contribution in [3.8, 4) is 0 Å². The van der Waals surface area contributed by atoms with Gasteiger partial charge in [-0.15, -0.1) is 11.3 Å². The smallest absolute Gasteiger partial charge is 0.251 e. The average Bonchev–Trinajstić information content (AvgIpc) is 2.64. The van der Waals surface area contributed by atoms with E-state index < -0.39 is 0 Å². The molecule has 2 aromatic rings. The van der Waals surface area contributed by atoms with Gasteiger partial charge in [0, 0.05) is 12.1 Å². The van der Waals surface area contributed by atoms with Crippen LogP contribution in [0.25, 0.3) is 10.2 Å². The first kappa shape index (κ1) is 9.15. The number of fused-ring (bicyclic) bond motifs is 1. The maximum atomic E-state index is 11.5. The first-order valence-electron chi connectivity index (χ1n) is 4.42. The number of carbonyl (C=O) groups excluding carboxylic acids is 1. The third-order valence-electron chi connectivity index (χ3n) is 1.93. The molecular weight excluding hydrogens is 196 g/mol. The van der Waals surface area contributed by atoms with Crippen LogP contribution in [0.3, 0.4) is 0 Å². The fourth-order valence-electron chi connectivity index (χ4n) is 1.26. The molecule has 4 heteroatoms. The van der Waals surface area contributed by atoms with Gasteiger partial charge in [0.15, 0.2) is 0 Å². The number of hydrogen-bond acceptors (Lipinski definition) is 3. The van der Waals surface area contributed by atoms with Crippen LogP contribution >= 0.6 is 11.3 Å². The van der Waals surface area contributed by atoms with Crippen molar-refractivity contribution in [2.45, 2.75) is 6.92 Å². The summed E-state index contributed by atoms with van der Waals surface area (Å²) in [6.45, 7) is 2.56. The molecule has 1 aromatic heterocycles. The molecule has 1 amide bonds. The van der Waals surface area contributed by atoms with Gasteiger partial charge in [-0.25, -0.2) is 4.98 Å². The van der Waals surface area contributed by atoms with Crippen molar-refractivity contribution in [3.63, 3.8) is 0 Å². The molecule has 0 fully saturated rings. The summed E-state index contributed by atoms with van der Waals surface area (Å²) >= 11 is 1.55. The fraction of sp³-hybridized carbons (Fsp3) is 0.200. The highest BCUT2D eigenvalue weighted by Crippen LogP contribution is 2.18. The van der Waals surface area contributed by atoms with Crippen LogP contribution in [0.5, 0.6) is 0 Å². The highest BCUT2D eigenvalue weighted by Gasteiger charge is 2.05. The fourth-order valence-corrected chi connectivity index (χ4v) is 1.98. The molecule has 0 radical (unpaired) electrons. The largest absolute Gasteiger partial charge is 0.352 e. The van der Waals surface area contributed by atoms with Crippen LogP contribution in [0.15, 0.2) is 23.7 Å². The summed E-state index contributed by atoms with van der Waals surface area (Å²) in [5, 5.41) is 2.76. The molecule has 0 atom stereocenters. The molecular formula is C10H10N2OS. The molecule has 2 rings (SSSR count). The topological polar surface area (TPSA) is 42.0 Å². The van der Waals surface area contributed by atoms with E-state index in [2.05, 4.69) is 10.3 Å². The van der Waals surface area contributed by atoms with Crippen LogP contribution in [0.4, 0.5) is 0 Å². The Labute approximate surface area is 85.8 Å². The summed E-state index contributed by atoms with van der Waals surface area (Å²) in [6.07, 6.45) is 0. The molecule has 0 saturated carbocycles. The summed E-state index contributed by atoms with van der Waals surface area (Å²) < 4.78 is 1.05. The molecule has 3 nitrogen and oxygen atoms in total. The lowest BCUT2D eigenvalue weighted by Crippen LogP contribution is -2.22. The maximum Gasteiger partial charge on any atom is 0.251 e. The predicted octanol–water partition coefficient (Wildman–Crippen LogP) is 2.05. The van der Waals surface area contributed by atoms with Crippen LogP contribution in [0.1, 0.15) is 17.3 Å². The minimum Gasteiger partial charge on any atom is -0.352 e.